The first-order valence-electron chi connectivity index (χ1n) is 8.43. The van der Waals surface area contributed by atoms with E-state index in [0.29, 0.717) is 34.3 Å². The number of hydrogen-bond donors (Lipinski definition) is 1. The second kappa shape index (κ2) is 7.94. The maximum Gasteiger partial charge on any atom is 0.203 e. The van der Waals surface area contributed by atoms with Crippen molar-refractivity contribution in [3.05, 3.63) is 41.5 Å². The summed E-state index contributed by atoms with van der Waals surface area (Å²) in [5.41, 5.74) is 1.41. The third-order valence-electron chi connectivity index (χ3n) is 4.69. The van der Waals surface area contributed by atoms with Crippen LogP contribution < -0.4 is 23.7 Å². The highest BCUT2D eigenvalue weighted by Crippen LogP contribution is 2.50. The van der Waals surface area contributed by atoms with Gasteiger partial charge in [-0.15, -0.1) is 0 Å². The Morgan fingerprint density at radius 2 is 1.48 bits per heavy atom. The quantitative estimate of drug-likeness (QED) is 0.831. The summed E-state index contributed by atoms with van der Waals surface area (Å²) in [7, 11) is 7.77. The molecule has 1 aliphatic rings. The van der Waals surface area contributed by atoms with Crippen molar-refractivity contribution in [1.29, 1.82) is 0 Å². The Hall–Kier alpha value is -2.64. The summed E-state index contributed by atoms with van der Waals surface area (Å²) in [6.45, 7) is 0. The topological polar surface area (TPSA) is 75.6 Å². The molecule has 3 rings (SSSR count). The summed E-state index contributed by atoms with van der Waals surface area (Å²) in [5, 5.41) is 10.9. The molecule has 0 aliphatic carbocycles. The molecule has 1 heterocycles. The van der Waals surface area contributed by atoms with Crippen LogP contribution in [0.25, 0.3) is 0 Å². The van der Waals surface area contributed by atoms with Gasteiger partial charge in [0.1, 0.15) is 12.2 Å². The Morgan fingerprint density at radius 1 is 0.815 bits per heavy atom. The van der Waals surface area contributed by atoms with Gasteiger partial charge in [0.05, 0.1) is 28.4 Å². The number of fused-ring (bicyclic) bond motifs is 1. The fourth-order valence-electron chi connectivity index (χ4n) is 3.36. The van der Waals surface area contributed by atoms with Crippen LogP contribution in [0.4, 0.5) is 0 Å². The fourth-order valence-corrected chi connectivity index (χ4v) is 3.36. The number of rotatable bonds is 6. The molecule has 2 aromatic rings. The maximum absolute atomic E-state index is 10.9. The summed E-state index contributed by atoms with van der Waals surface area (Å²) < 4.78 is 33.2. The van der Waals surface area contributed by atoms with Gasteiger partial charge in [-0.1, -0.05) is 6.07 Å². The highest BCUT2D eigenvalue weighted by Gasteiger charge is 2.41. The van der Waals surface area contributed by atoms with Gasteiger partial charge < -0.3 is 33.5 Å². The van der Waals surface area contributed by atoms with Crippen molar-refractivity contribution in [1.82, 2.24) is 0 Å². The summed E-state index contributed by atoms with van der Waals surface area (Å²) in [5.74, 6) is 2.61. The van der Waals surface area contributed by atoms with E-state index in [1.165, 1.54) is 0 Å². The van der Waals surface area contributed by atoms with E-state index in [2.05, 4.69) is 0 Å². The average molecular weight is 376 g/mol. The lowest BCUT2D eigenvalue weighted by Gasteiger charge is -2.37. The van der Waals surface area contributed by atoms with E-state index in [1.54, 1.807) is 59.8 Å². The molecule has 7 nitrogen and oxygen atoms in total. The molecule has 146 valence electrons. The van der Waals surface area contributed by atoms with Gasteiger partial charge in [0.2, 0.25) is 5.75 Å². The molecule has 0 radical (unpaired) electrons. The molecule has 0 spiro atoms. The smallest absolute Gasteiger partial charge is 0.203 e. The first kappa shape index (κ1) is 19.1. The minimum Gasteiger partial charge on any atom is -0.493 e. The molecule has 0 unspecified atom stereocenters. The minimum absolute atomic E-state index is 0.453. The number of hydrogen-bond acceptors (Lipinski definition) is 7. The second-order valence-corrected chi connectivity index (χ2v) is 6.02. The van der Waals surface area contributed by atoms with Crippen LogP contribution >= 0.6 is 0 Å². The molecule has 0 amide bonds. The zero-order chi connectivity index (χ0) is 19.6. The summed E-state index contributed by atoms with van der Waals surface area (Å²) in [4.78, 5) is 0. The molecule has 3 atom stereocenters. The van der Waals surface area contributed by atoms with Gasteiger partial charge in [-0.25, -0.2) is 0 Å². The average Bonchev–Trinajstić information content (AvgIpc) is 2.71. The minimum atomic E-state index is -0.932. The van der Waals surface area contributed by atoms with E-state index in [9.17, 15) is 5.11 Å². The third-order valence-corrected chi connectivity index (χ3v) is 4.69. The third kappa shape index (κ3) is 3.24. The van der Waals surface area contributed by atoms with Gasteiger partial charge in [0.25, 0.3) is 0 Å². The highest BCUT2D eigenvalue weighted by molar-refractivity contribution is 5.58. The monoisotopic (exact) mass is 376 g/mol. The van der Waals surface area contributed by atoms with Gasteiger partial charge in [0, 0.05) is 12.7 Å². The lowest BCUT2D eigenvalue weighted by Crippen LogP contribution is -2.35. The van der Waals surface area contributed by atoms with E-state index < -0.39 is 18.3 Å². The number of aliphatic hydroxyl groups excluding tert-OH is 1. The summed E-state index contributed by atoms with van der Waals surface area (Å²) in [6, 6.07) is 8.93. The van der Waals surface area contributed by atoms with E-state index in [1.807, 2.05) is 6.07 Å². The Balaban J connectivity index is 2.10. The van der Waals surface area contributed by atoms with E-state index >= 15 is 0 Å². The van der Waals surface area contributed by atoms with Gasteiger partial charge in [-0.3, -0.25) is 0 Å². The van der Waals surface area contributed by atoms with Crippen LogP contribution in [0.15, 0.2) is 30.3 Å². The van der Waals surface area contributed by atoms with Crippen molar-refractivity contribution in [2.45, 2.75) is 18.3 Å². The molecule has 1 aliphatic heterocycles. The molecule has 0 aromatic heterocycles. The van der Waals surface area contributed by atoms with Gasteiger partial charge in [-0.2, -0.15) is 0 Å². The van der Waals surface area contributed by atoms with Gasteiger partial charge >= 0.3 is 0 Å². The van der Waals surface area contributed by atoms with E-state index in [4.69, 9.17) is 28.4 Å². The first-order chi connectivity index (χ1) is 13.1. The van der Waals surface area contributed by atoms with E-state index in [0.717, 1.165) is 5.56 Å². The lowest BCUT2D eigenvalue weighted by atomic mass is 9.91. The van der Waals surface area contributed by atoms with Crippen LogP contribution in [0.5, 0.6) is 28.7 Å². The summed E-state index contributed by atoms with van der Waals surface area (Å²) >= 11 is 0. The number of benzene rings is 2. The molecule has 0 bridgehead atoms. The summed E-state index contributed by atoms with van der Waals surface area (Å²) in [6.07, 6.45) is -2.21. The molecule has 7 heteroatoms. The van der Waals surface area contributed by atoms with Gasteiger partial charge in [0.15, 0.2) is 29.1 Å². The zero-order valence-corrected chi connectivity index (χ0v) is 16.0. The van der Waals surface area contributed by atoms with Crippen LogP contribution in [0.1, 0.15) is 23.3 Å². The van der Waals surface area contributed by atoms with Crippen LogP contribution in [0.3, 0.4) is 0 Å². The molecule has 0 fully saturated rings. The van der Waals surface area contributed by atoms with Crippen molar-refractivity contribution in [2.24, 2.45) is 0 Å². The predicted molar refractivity (Wildman–Crippen MR) is 98.2 cm³/mol. The SMILES string of the molecule is COc1ccc([C@H]2Oc3c(ccc(OC)c3OC)[C@H](OC)[C@H]2O)cc1OC. The Morgan fingerprint density at radius 3 is 2.07 bits per heavy atom. The Labute approximate surface area is 158 Å². The standard InChI is InChI=1S/C20H24O7/c1-22-13-8-6-11(10-15(13)24-3)17-16(21)18(25-4)12-7-9-14(23-2)20(26-5)19(12)27-17/h6-10,16-18,21H,1-5H3/t16-,17+,18-/m0/s1. The molecule has 0 saturated carbocycles. The number of methoxy groups -OCH3 is 5. The molecular formula is C20H24O7. The Bertz CT molecular complexity index is 805. The van der Waals surface area contributed by atoms with Crippen LogP contribution in [0, 0.1) is 0 Å². The number of ether oxygens (including phenoxy) is 6. The van der Waals surface area contributed by atoms with Crippen LogP contribution in [-0.2, 0) is 4.74 Å². The first-order valence-corrected chi connectivity index (χ1v) is 8.43. The van der Waals surface area contributed by atoms with Crippen molar-refractivity contribution in [2.75, 3.05) is 35.5 Å². The van der Waals surface area contributed by atoms with Crippen molar-refractivity contribution >= 4 is 0 Å². The van der Waals surface area contributed by atoms with Crippen molar-refractivity contribution in [3.63, 3.8) is 0 Å². The van der Waals surface area contributed by atoms with Gasteiger partial charge in [-0.05, 0) is 29.8 Å². The second-order valence-electron chi connectivity index (χ2n) is 6.02. The van der Waals surface area contributed by atoms with Crippen LogP contribution in [0.2, 0.25) is 0 Å². The van der Waals surface area contributed by atoms with Crippen molar-refractivity contribution < 1.29 is 33.5 Å². The maximum atomic E-state index is 10.9. The zero-order valence-electron chi connectivity index (χ0n) is 16.0. The lowest BCUT2D eigenvalue weighted by molar-refractivity contribution is -0.0878. The normalized spacial score (nSPS) is 21.0. The fraction of sp³-hybridized carbons (Fsp3) is 0.400. The number of aliphatic hydroxyl groups is 1. The highest BCUT2D eigenvalue weighted by atomic mass is 16.6. The molecule has 27 heavy (non-hydrogen) atoms. The Kier molecular flexibility index (Phi) is 5.62. The predicted octanol–water partition coefficient (Wildman–Crippen LogP) is 2.90. The molecular weight excluding hydrogens is 352 g/mol. The van der Waals surface area contributed by atoms with Crippen molar-refractivity contribution in [3.8, 4) is 28.7 Å². The largest absolute Gasteiger partial charge is 0.493 e. The molecule has 2 aromatic carbocycles. The van der Waals surface area contributed by atoms with E-state index in [-0.39, 0.29) is 0 Å². The molecule has 0 saturated heterocycles. The molecule has 1 N–H and O–H groups in total. The van der Waals surface area contributed by atoms with Crippen LogP contribution in [-0.4, -0.2) is 46.8 Å².